The first-order chi connectivity index (χ1) is 13.9. The quantitative estimate of drug-likeness (QED) is 0.646. The number of aryl methyl sites for hydroxylation is 2. The van der Waals surface area contributed by atoms with Crippen molar-refractivity contribution in [2.75, 3.05) is 13.2 Å². The molecule has 0 aliphatic heterocycles. The van der Waals surface area contributed by atoms with Crippen molar-refractivity contribution < 1.29 is 9.53 Å². The molecule has 0 saturated heterocycles. The highest BCUT2D eigenvalue weighted by Crippen LogP contribution is 2.20. The van der Waals surface area contributed by atoms with Gasteiger partial charge in [0, 0.05) is 23.2 Å². The molecule has 0 aliphatic carbocycles. The van der Waals surface area contributed by atoms with Crippen LogP contribution in [0.1, 0.15) is 11.1 Å². The first-order valence-electron chi connectivity index (χ1n) is 9.23. The summed E-state index contributed by atoms with van der Waals surface area (Å²) in [5.41, 5.74) is 3.45. The predicted octanol–water partition coefficient (Wildman–Crippen LogP) is 3.38. The van der Waals surface area contributed by atoms with Crippen molar-refractivity contribution in [3.63, 3.8) is 0 Å². The van der Waals surface area contributed by atoms with Crippen molar-refractivity contribution in [1.82, 2.24) is 15.1 Å². The molecular formula is C22H22ClN3O3. The minimum absolute atomic E-state index is 0.118. The minimum Gasteiger partial charge on any atom is -0.484 e. The zero-order chi connectivity index (χ0) is 20.8. The summed E-state index contributed by atoms with van der Waals surface area (Å²) < 4.78 is 6.81. The fourth-order valence-corrected chi connectivity index (χ4v) is 2.81. The van der Waals surface area contributed by atoms with Gasteiger partial charge in [-0.05, 0) is 43.7 Å². The second-order valence-electron chi connectivity index (χ2n) is 6.70. The van der Waals surface area contributed by atoms with Crippen LogP contribution >= 0.6 is 11.6 Å². The lowest BCUT2D eigenvalue weighted by Crippen LogP contribution is -2.34. The highest BCUT2D eigenvalue weighted by molar-refractivity contribution is 6.31. The van der Waals surface area contributed by atoms with Crippen LogP contribution < -0.4 is 15.6 Å². The van der Waals surface area contributed by atoms with Crippen molar-refractivity contribution in [1.29, 1.82) is 0 Å². The molecule has 0 radical (unpaired) electrons. The van der Waals surface area contributed by atoms with Gasteiger partial charge in [-0.2, -0.15) is 5.10 Å². The van der Waals surface area contributed by atoms with E-state index in [1.807, 2.05) is 38.1 Å². The molecule has 0 spiro atoms. The molecule has 3 rings (SSSR count). The van der Waals surface area contributed by atoms with E-state index >= 15 is 0 Å². The Balaban J connectivity index is 1.53. The molecule has 29 heavy (non-hydrogen) atoms. The van der Waals surface area contributed by atoms with E-state index < -0.39 is 0 Å². The van der Waals surface area contributed by atoms with Gasteiger partial charge in [-0.15, -0.1) is 0 Å². The Kier molecular flexibility index (Phi) is 6.67. The zero-order valence-corrected chi connectivity index (χ0v) is 17.1. The number of hydrogen-bond acceptors (Lipinski definition) is 4. The molecule has 3 aromatic rings. The van der Waals surface area contributed by atoms with Crippen LogP contribution in [0.15, 0.2) is 59.4 Å². The average Bonchev–Trinajstić information content (AvgIpc) is 2.71. The van der Waals surface area contributed by atoms with Gasteiger partial charge in [0.05, 0.1) is 12.2 Å². The monoisotopic (exact) mass is 411 g/mol. The molecule has 0 atom stereocenters. The normalized spacial score (nSPS) is 10.6. The fraction of sp³-hybridized carbons (Fsp3) is 0.227. The Morgan fingerprint density at radius 1 is 1.10 bits per heavy atom. The van der Waals surface area contributed by atoms with Gasteiger partial charge < -0.3 is 10.1 Å². The van der Waals surface area contributed by atoms with Crippen molar-refractivity contribution in [3.05, 3.63) is 81.1 Å². The maximum absolute atomic E-state index is 12.1. The third-order valence-electron chi connectivity index (χ3n) is 4.36. The molecule has 0 unspecified atom stereocenters. The minimum atomic E-state index is -0.277. The summed E-state index contributed by atoms with van der Waals surface area (Å²) in [7, 11) is 0. The van der Waals surface area contributed by atoms with Gasteiger partial charge in [0.2, 0.25) is 0 Å². The fourth-order valence-electron chi connectivity index (χ4n) is 2.70. The number of hydrogen-bond donors (Lipinski definition) is 1. The Hall–Kier alpha value is -3.12. The number of carbonyl (C=O) groups excluding carboxylic acids is 1. The number of nitrogens with zero attached hydrogens (tertiary/aromatic N) is 2. The van der Waals surface area contributed by atoms with E-state index in [1.165, 1.54) is 10.7 Å². The standard InChI is InChI=1S/C22H22ClN3O3/c1-15-3-5-17(6-4-15)20-9-10-22(28)26(25-20)12-11-24-21(27)14-29-18-7-8-19(23)16(2)13-18/h3-10,13H,11-12,14H2,1-2H3,(H,24,27). The largest absolute Gasteiger partial charge is 0.484 e. The van der Waals surface area contributed by atoms with Crippen LogP contribution in [0.25, 0.3) is 11.3 Å². The molecule has 7 heteroatoms. The van der Waals surface area contributed by atoms with E-state index in [1.54, 1.807) is 24.3 Å². The molecular weight excluding hydrogens is 390 g/mol. The van der Waals surface area contributed by atoms with Crippen molar-refractivity contribution >= 4 is 17.5 Å². The topological polar surface area (TPSA) is 73.2 Å². The maximum Gasteiger partial charge on any atom is 0.266 e. The molecule has 0 fully saturated rings. The number of ether oxygens (including phenoxy) is 1. The number of nitrogens with one attached hydrogen (secondary N) is 1. The Morgan fingerprint density at radius 2 is 1.86 bits per heavy atom. The van der Waals surface area contributed by atoms with E-state index in [9.17, 15) is 9.59 Å². The number of carbonyl (C=O) groups is 1. The number of amides is 1. The number of benzene rings is 2. The lowest BCUT2D eigenvalue weighted by molar-refractivity contribution is -0.123. The smallest absolute Gasteiger partial charge is 0.266 e. The summed E-state index contributed by atoms with van der Waals surface area (Å²) >= 11 is 5.97. The average molecular weight is 412 g/mol. The van der Waals surface area contributed by atoms with Crippen LogP contribution in [0, 0.1) is 13.8 Å². The van der Waals surface area contributed by atoms with Crippen molar-refractivity contribution in [2.24, 2.45) is 0 Å². The lowest BCUT2D eigenvalue weighted by Gasteiger charge is -2.10. The molecule has 2 aromatic carbocycles. The number of rotatable bonds is 7. The molecule has 1 aromatic heterocycles. The molecule has 1 N–H and O–H groups in total. The van der Waals surface area contributed by atoms with E-state index in [4.69, 9.17) is 16.3 Å². The van der Waals surface area contributed by atoms with Crippen LogP contribution in [0.4, 0.5) is 0 Å². The van der Waals surface area contributed by atoms with Gasteiger partial charge in [0.15, 0.2) is 6.61 Å². The summed E-state index contributed by atoms with van der Waals surface area (Å²) in [6.45, 7) is 4.30. The second kappa shape index (κ2) is 9.39. The van der Waals surface area contributed by atoms with Gasteiger partial charge in [-0.25, -0.2) is 4.68 Å². The summed E-state index contributed by atoms with van der Waals surface area (Å²) in [6, 6.07) is 16.3. The maximum atomic E-state index is 12.1. The van der Waals surface area contributed by atoms with Crippen LogP contribution in [0.3, 0.4) is 0 Å². The van der Waals surface area contributed by atoms with E-state index in [2.05, 4.69) is 10.4 Å². The van der Waals surface area contributed by atoms with Crippen molar-refractivity contribution in [3.8, 4) is 17.0 Å². The van der Waals surface area contributed by atoms with Gasteiger partial charge in [-0.1, -0.05) is 41.4 Å². The number of aromatic nitrogens is 2. The van der Waals surface area contributed by atoms with Crippen LogP contribution in [-0.2, 0) is 11.3 Å². The molecule has 1 amide bonds. The molecule has 0 bridgehead atoms. The van der Waals surface area contributed by atoms with Crippen molar-refractivity contribution in [2.45, 2.75) is 20.4 Å². The van der Waals surface area contributed by atoms with Gasteiger partial charge in [0.25, 0.3) is 11.5 Å². The highest BCUT2D eigenvalue weighted by atomic mass is 35.5. The molecule has 1 heterocycles. The SMILES string of the molecule is Cc1ccc(-c2ccc(=O)n(CCNC(=O)COc3ccc(Cl)c(C)c3)n2)cc1. The van der Waals surface area contributed by atoms with Crippen LogP contribution in [0.5, 0.6) is 5.75 Å². The van der Waals surface area contributed by atoms with E-state index in [0.717, 1.165) is 16.7 Å². The molecule has 6 nitrogen and oxygen atoms in total. The zero-order valence-electron chi connectivity index (χ0n) is 16.3. The van der Waals surface area contributed by atoms with Gasteiger partial charge >= 0.3 is 0 Å². The van der Waals surface area contributed by atoms with Gasteiger partial charge in [-0.3, -0.25) is 9.59 Å². The third kappa shape index (κ3) is 5.68. The molecule has 0 aliphatic rings. The van der Waals surface area contributed by atoms with E-state index in [-0.39, 0.29) is 31.2 Å². The molecule has 0 saturated carbocycles. The second-order valence-corrected chi connectivity index (χ2v) is 7.10. The lowest BCUT2D eigenvalue weighted by atomic mass is 10.1. The first kappa shape index (κ1) is 20.6. The first-order valence-corrected chi connectivity index (χ1v) is 9.61. The predicted molar refractivity (Wildman–Crippen MR) is 113 cm³/mol. The van der Waals surface area contributed by atoms with Crippen LogP contribution in [-0.4, -0.2) is 28.8 Å². The molecule has 150 valence electrons. The van der Waals surface area contributed by atoms with E-state index in [0.29, 0.717) is 16.5 Å². The Bertz CT molecular complexity index is 1060. The van der Waals surface area contributed by atoms with Gasteiger partial charge in [0.1, 0.15) is 5.75 Å². The summed E-state index contributed by atoms with van der Waals surface area (Å²) in [5, 5.41) is 7.77. The highest BCUT2D eigenvalue weighted by Gasteiger charge is 2.06. The Morgan fingerprint density at radius 3 is 2.59 bits per heavy atom. The number of halogens is 1. The summed E-state index contributed by atoms with van der Waals surface area (Å²) in [5.74, 6) is 0.297. The van der Waals surface area contributed by atoms with Crippen LogP contribution in [0.2, 0.25) is 5.02 Å². The summed E-state index contributed by atoms with van der Waals surface area (Å²) in [4.78, 5) is 24.0. The third-order valence-corrected chi connectivity index (χ3v) is 4.78. The Labute approximate surface area is 174 Å². The summed E-state index contributed by atoms with van der Waals surface area (Å²) in [6.07, 6.45) is 0.